The second-order valence-corrected chi connectivity index (χ2v) is 7.03. The highest BCUT2D eigenvalue weighted by Gasteiger charge is 2.75. The zero-order valence-corrected chi connectivity index (χ0v) is 13.6. The van der Waals surface area contributed by atoms with Gasteiger partial charge in [0.1, 0.15) is 10.8 Å². The molecular weight excluding hydrogens is 337 g/mol. The first-order valence-electron chi connectivity index (χ1n) is 7.61. The summed E-state index contributed by atoms with van der Waals surface area (Å²) in [5, 5.41) is 13.1. The molecule has 2 bridgehead atoms. The number of rotatable bonds is 5. The topological polar surface area (TPSA) is 77.2 Å². The Morgan fingerprint density at radius 1 is 1.50 bits per heavy atom. The third-order valence-electron chi connectivity index (χ3n) is 5.36. The van der Waals surface area contributed by atoms with Gasteiger partial charge in [0.2, 0.25) is 5.88 Å². The van der Waals surface area contributed by atoms with E-state index >= 15 is 0 Å². The van der Waals surface area contributed by atoms with Gasteiger partial charge in [-0.3, -0.25) is 0 Å². The largest absolute Gasteiger partial charge is 0.478 e. The molecule has 0 spiro atoms. The summed E-state index contributed by atoms with van der Waals surface area (Å²) < 4.78 is 21.0. The van der Waals surface area contributed by atoms with E-state index in [0.717, 1.165) is 0 Å². The first-order valence-corrected chi connectivity index (χ1v) is 7.98. The molecule has 0 saturated heterocycles. The van der Waals surface area contributed by atoms with E-state index in [0.29, 0.717) is 31.1 Å². The van der Waals surface area contributed by atoms with E-state index in [4.69, 9.17) is 21.4 Å². The summed E-state index contributed by atoms with van der Waals surface area (Å²) in [6, 6.07) is 4.57. The lowest BCUT2D eigenvalue weighted by molar-refractivity contribution is -0.284. The van der Waals surface area contributed by atoms with Crippen molar-refractivity contribution in [3.8, 4) is 11.7 Å². The second-order valence-electron chi connectivity index (χ2n) is 6.67. The van der Waals surface area contributed by atoms with Crippen LogP contribution < -0.4 is 4.74 Å². The Balaban J connectivity index is 1.45. The molecule has 1 N–H and O–H groups in total. The number of hydrogen-bond acceptors (Lipinski definition) is 4. The van der Waals surface area contributed by atoms with Gasteiger partial charge in [0.15, 0.2) is 5.82 Å². The van der Waals surface area contributed by atoms with Gasteiger partial charge < -0.3 is 9.84 Å². The van der Waals surface area contributed by atoms with Crippen LogP contribution in [0.4, 0.5) is 4.39 Å². The maximum absolute atomic E-state index is 13.8. The molecule has 0 radical (unpaired) electrons. The van der Waals surface area contributed by atoms with Gasteiger partial charge in [0.05, 0.1) is 12.2 Å². The van der Waals surface area contributed by atoms with Crippen LogP contribution in [0.15, 0.2) is 24.4 Å². The van der Waals surface area contributed by atoms with Crippen molar-refractivity contribution in [2.75, 3.05) is 6.61 Å². The van der Waals surface area contributed by atoms with E-state index in [1.54, 1.807) is 12.3 Å². The zero-order valence-electron chi connectivity index (χ0n) is 12.9. The summed E-state index contributed by atoms with van der Waals surface area (Å²) in [7, 11) is 0. The van der Waals surface area contributed by atoms with E-state index in [1.165, 1.54) is 16.8 Å². The lowest BCUT2D eigenvalue weighted by Crippen LogP contribution is -2.73. The number of carboxylic acid groups (broad SMARTS) is 1. The highest BCUT2D eigenvalue weighted by atomic mass is 35.5. The van der Waals surface area contributed by atoms with Crippen molar-refractivity contribution in [3.63, 3.8) is 0 Å². The molecule has 24 heavy (non-hydrogen) atoms. The van der Waals surface area contributed by atoms with Crippen molar-refractivity contribution in [1.29, 1.82) is 0 Å². The lowest BCUT2D eigenvalue weighted by atomic mass is 9.36. The van der Waals surface area contributed by atoms with Crippen molar-refractivity contribution in [3.05, 3.63) is 35.1 Å². The van der Waals surface area contributed by atoms with Gasteiger partial charge >= 0.3 is 5.97 Å². The van der Waals surface area contributed by atoms with Crippen LogP contribution in [0.5, 0.6) is 5.88 Å². The third kappa shape index (κ3) is 2.11. The predicted molar refractivity (Wildman–Crippen MR) is 83.5 cm³/mol. The fourth-order valence-electron chi connectivity index (χ4n) is 3.69. The Kier molecular flexibility index (Phi) is 3.16. The molecule has 0 unspecified atom stereocenters. The number of alkyl halides is 1. The van der Waals surface area contributed by atoms with Crippen molar-refractivity contribution in [2.45, 2.75) is 25.4 Å². The molecule has 2 aromatic rings. The fraction of sp³-hybridized carbons (Fsp3) is 0.438. The van der Waals surface area contributed by atoms with E-state index in [2.05, 4.69) is 10.1 Å². The number of pyridine rings is 1. The summed E-state index contributed by atoms with van der Waals surface area (Å²) in [5.41, 5.74) is -1.10. The number of carboxylic acids is 1. The number of carbonyl (C=O) groups is 1. The van der Waals surface area contributed by atoms with Gasteiger partial charge in [-0.25, -0.2) is 18.9 Å². The highest BCUT2D eigenvalue weighted by Crippen LogP contribution is 2.73. The van der Waals surface area contributed by atoms with Gasteiger partial charge in [-0.05, 0) is 30.9 Å². The van der Waals surface area contributed by atoms with Crippen LogP contribution in [-0.2, 0) is 0 Å². The summed E-state index contributed by atoms with van der Waals surface area (Å²) in [6.07, 6.45) is 2.78. The van der Waals surface area contributed by atoms with Crippen molar-refractivity contribution in [1.82, 2.24) is 14.8 Å². The molecule has 2 heterocycles. The number of hydrogen-bond donors (Lipinski definition) is 1. The Hall–Kier alpha value is -2.15. The minimum absolute atomic E-state index is 0.0381. The van der Waals surface area contributed by atoms with E-state index in [-0.39, 0.29) is 22.0 Å². The van der Waals surface area contributed by atoms with Crippen LogP contribution in [0.3, 0.4) is 0 Å². The summed E-state index contributed by atoms with van der Waals surface area (Å²) in [4.78, 5) is 15.0. The number of nitrogens with zero attached hydrogens (tertiary/aromatic N) is 3. The van der Waals surface area contributed by atoms with Gasteiger partial charge in [0, 0.05) is 17.7 Å². The van der Waals surface area contributed by atoms with Crippen LogP contribution in [-0.4, -0.2) is 38.1 Å². The van der Waals surface area contributed by atoms with Gasteiger partial charge in [0.25, 0.3) is 0 Å². The minimum atomic E-state index is -1.14. The van der Waals surface area contributed by atoms with Crippen molar-refractivity contribution >= 4 is 17.6 Å². The van der Waals surface area contributed by atoms with Gasteiger partial charge in [-0.1, -0.05) is 18.5 Å². The molecule has 0 amide bonds. The van der Waals surface area contributed by atoms with Crippen molar-refractivity contribution in [2.24, 2.45) is 11.3 Å². The van der Waals surface area contributed by atoms with Crippen LogP contribution in [0.25, 0.3) is 5.82 Å². The zero-order chi connectivity index (χ0) is 17.1. The minimum Gasteiger partial charge on any atom is -0.478 e. The average Bonchev–Trinajstić information content (AvgIpc) is 2.99. The Labute approximate surface area is 142 Å². The maximum atomic E-state index is 13.8. The molecule has 3 aliphatic carbocycles. The molecule has 3 aliphatic rings. The maximum Gasteiger partial charge on any atom is 0.338 e. The Bertz CT molecular complexity index is 832. The molecule has 0 aliphatic heterocycles. The smallest absolute Gasteiger partial charge is 0.338 e. The second kappa shape index (κ2) is 4.92. The Morgan fingerprint density at radius 2 is 2.25 bits per heavy atom. The number of aromatic carboxylic acids is 1. The van der Waals surface area contributed by atoms with Crippen LogP contribution in [0.1, 0.15) is 30.1 Å². The standard InChI is InChI=1S/C16H15ClFN3O3/c1-9-15(6-16(9,18)7-15)8-24-12-4-5-21(20-12)11-3-2-10(14(22)23)13(17)19-11/h2-5,9H,6-8H2,1H3,(H,22,23)/t9-,15?,16?/m0/s1. The third-order valence-corrected chi connectivity index (χ3v) is 5.65. The molecule has 0 aromatic carbocycles. The molecule has 8 heteroatoms. The molecular formula is C16H15ClFN3O3. The van der Waals surface area contributed by atoms with Gasteiger partial charge in [-0.15, -0.1) is 5.10 Å². The number of ether oxygens (including phenoxy) is 1. The fourth-order valence-corrected chi connectivity index (χ4v) is 3.92. The van der Waals surface area contributed by atoms with E-state index in [9.17, 15) is 9.18 Å². The molecule has 3 saturated carbocycles. The van der Waals surface area contributed by atoms with Crippen LogP contribution in [0, 0.1) is 11.3 Å². The molecule has 5 rings (SSSR count). The first kappa shape index (κ1) is 15.4. The van der Waals surface area contributed by atoms with Gasteiger partial charge in [-0.2, -0.15) is 0 Å². The first-order chi connectivity index (χ1) is 11.3. The molecule has 6 nitrogen and oxygen atoms in total. The predicted octanol–water partition coefficient (Wildman–Crippen LogP) is 3.14. The Morgan fingerprint density at radius 3 is 2.83 bits per heavy atom. The summed E-state index contributed by atoms with van der Waals surface area (Å²) in [6.45, 7) is 2.37. The summed E-state index contributed by atoms with van der Waals surface area (Å²) in [5.74, 6) is -0.292. The van der Waals surface area contributed by atoms with E-state index < -0.39 is 11.6 Å². The van der Waals surface area contributed by atoms with Crippen molar-refractivity contribution < 1.29 is 19.0 Å². The quantitative estimate of drug-likeness (QED) is 0.837. The number of aromatic nitrogens is 3. The molecule has 2 aromatic heterocycles. The van der Waals surface area contributed by atoms with Crippen LogP contribution >= 0.6 is 11.6 Å². The van der Waals surface area contributed by atoms with E-state index in [1.807, 2.05) is 6.92 Å². The van der Waals surface area contributed by atoms with Crippen LogP contribution in [0.2, 0.25) is 5.15 Å². The molecule has 1 atom stereocenters. The summed E-state index contributed by atoms with van der Waals surface area (Å²) >= 11 is 5.86. The monoisotopic (exact) mass is 351 g/mol. The highest BCUT2D eigenvalue weighted by molar-refractivity contribution is 6.32. The molecule has 3 fully saturated rings. The lowest BCUT2D eigenvalue weighted by Gasteiger charge is -2.70. The average molecular weight is 352 g/mol. The normalized spacial score (nSPS) is 30.4. The number of halogens is 2. The molecule has 126 valence electrons. The SMILES string of the molecule is C[C@@H]1C2(F)CC1(COc1ccn(-c3ccc(C(=O)O)c(Cl)n3)n1)C2.